The lowest BCUT2D eigenvalue weighted by Crippen LogP contribution is -2.09. The number of ether oxygens (including phenoxy) is 2. The van der Waals surface area contributed by atoms with Crippen LogP contribution in [0.5, 0.6) is 5.88 Å². The summed E-state index contributed by atoms with van der Waals surface area (Å²) >= 11 is 0. The van der Waals surface area contributed by atoms with E-state index >= 15 is 0 Å². The lowest BCUT2D eigenvalue weighted by atomic mass is 10.4. The molecule has 1 heterocycles. The topological polar surface area (TPSA) is 82.3 Å². The summed E-state index contributed by atoms with van der Waals surface area (Å²) < 4.78 is 10.8. The van der Waals surface area contributed by atoms with E-state index in [2.05, 4.69) is 22.2 Å². The second kappa shape index (κ2) is 7.67. The van der Waals surface area contributed by atoms with Gasteiger partial charge >= 0.3 is 0 Å². The van der Waals surface area contributed by atoms with Crippen molar-refractivity contribution < 1.29 is 9.47 Å². The van der Waals surface area contributed by atoms with Gasteiger partial charge in [0.05, 0.1) is 6.61 Å². The molecular weight excluding hydrogens is 220 g/mol. The second-order valence-corrected chi connectivity index (χ2v) is 3.51. The predicted molar refractivity (Wildman–Crippen MR) is 67.2 cm³/mol. The molecule has 0 saturated heterocycles. The Morgan fingerprint density at radius 3 is 2.82 bits per heavy atom. The van der Waals surface area contributed by atoms with Crippen LogP contribution in [0.15, 0.2) is 6.07 Å². The van der Waals surface area contributed by atoms with Gasteiger partial charge in [0.2, 0.25) is 11.8 Å². The highest BCUT2D eigenvalue weighted by Crippen LogP contribution is 2.13. The van der Waals surface area contributed by atoms with Crippen molar-refractivity contribution in [1.82, 2.24) is 9.97 Å². The summed E-state index contributed by atoms with van der Waals surface area (Å²) in [6.45, 7) is 3.92. The predicted octanol–water partition coefficient (Wildman–Crippen LogP) is 1.30. The van der Waals surface area contributed by atoms with E-state index in [1.165, 1.54) is 0 Å². The fourth-order valence-electron chi connectivity index (χ4n) is 1.20. The van der Waals surface area contributed by atoms with Gasteiger partial charge in [-0.2, -0.15) is 9.97 Å². The number of nitrogens with zero attached hydrogens (tertiary/aromatic N) is 2. The van der Waals surface area contributed by atoms with E-state index in [0.29, 0.717) is 24.9 Å². The van der Waals surface area contributed by atoms with Crippen LogP contribution in [0.3, 0.4) is 0 Å². The molecule has 0 aliphatic heterocycles. The maximum Gasteiger partial charge on any atom is 0.225 e. The molecule has 1 aromatic rings. The number of nitrogens with one attached hydrogen (secondary N) is 1. The van der Waals surface area contributed by atoms with E-state index in [4.69, 9.17) is 15.2 Å². The van der Waals surface area contributed by atoms with Crippen molar-refractivity contribution in [3.05, 3.63) is 6.07 Å². The molecule has 0 aliphatic carbocycles. The molecule has 3 N–H and O–H groups in total. The van der Waals surface area contributed by atoms with Crippen molar-refractivity contribution in [2.45, 2.75) is 19.8 Å². The first kappa shape index (κ1) is 13.5. The molecule has 0 amide bonds. The van der Waals surface area contributed by atoms with Crippen molar-refractivity contribution >= 4 is 11.8 Å². The van der Waals surface area contributed by atoms with Crippen molar-refractivity contribution in [1.29, 1.82) is 0 Å². The largest absolute Gasteiger partial charge is 0.475 e. The van der Waals surface area contributed by atoms with Crippen LogP contribution in [-0.4, -0.2) is 36.8 Å². The van der Waals surface area contributed by atoms with Crippen LogP contribution < -0.4 is 15.8 Å². The van der Waals surface area contributed by atoms with E-state index in [1.54, 1.807) is 13.1 Å². The molecule has 0 saturated carbocycles. The zero-order chi connectivity index (χ0) is 12.5. The molecule has 6 nitrogen and oxygen atoms in total. The molecule has 96 valence electrons. The van der Waals surface area contributed by atoms with Gasteiger partial charge in [0.1, 0.15) is 12.4 Å². The number of hydrogen-bond acceptors (Lipinski definition) is 6. The van der Waals surface area contributed by atoms with Gasteiger partial charge in [0.25, 0.3) is 0 Å². The van der Waals surface area contributed by atoms with Gasteiger partial charge in [-0.3, -0.25) is 0 Å². The number of aromatic nitrogens is 2. The number of nitrogen functional groups attached to an aromatic ring is 1. The van der Waals surface area contributed by atoms with Crippen molar-refractivity contribution in [3.63, 3.8) is 0 Å². The minimum Gasteiger partial charge on any atom is -0.475 e. The first-order valence-corrected chi connectivity index (χ1v) is 5.79. The summed E-state index contributed by atoms with van der Waals surface area (Å²) in [5.41, 5.74) is 5.53. The Morgan fingerprint density at radius 1 is 1.29 bits per heavy atom. The van der Waals surface area contributed by atoms with Gasteiger partial charge in [-0.05, 0) is 6.42 Å². The fourth-order valence-corrected chi connectivity index (χ4v) is 1.20. The molecule has 0 spiro atoms. The molecule has 1 aromatic heterocycles. The SMILES string of the molecule is CCCCOCCOc1cc(NC)nc(N)n1. The Morgan fingerprint density at radius 2 is 2.12 bits per heavy atom. The molecule has 0 aromatic carbocycles. The van der Waals surface area contributed by atoms with Gasteiger partial charge in [0, 0.05) is 19.7 Å². The average molecular weight is 240 g/mol. The Labute approximate surface area is 102 Å². The Kier molecular flexibility index (Phi) is 6.09. The molecule has 0 radical (unpaired) electrons. The zero-order valence-corrected chi connectivity index (χ0v) is 10.4. The summed E-state index contributed by atoms with van der Waals surface area (Å²) in [7, 11) is 1.76. The first-order valence-electron chi connectivity index (χ1n) is 5.79. The monoisotopic (exact) mass is 240 g/mol. The quantitative estimate of drug-likeness (QED) is 0.666. The highest BCUT2D eigenvalue weighted by Gasteiger charge is 2.01. The normalized spacial score (nSPS) is 10.2. The van der Waals surface area contributed by atoms with Gasteiger partial charge < -0.3 is 20.5 Å². The molecule has 1 rings (SSSR count). The summed E-state index contributed by atoms with van der Waals surface area (Å²) in [6, 6.07) is 1.70. The van der Waals surface area contributed by atoms with Crippen LogP contribution >= 0.6 is 0 Å². The zero-order valence-electron chi connectivity index (χ0n) is 10.4. The number of rotatable bonds is 8. The van der Waals surface area contributed by atoms with Gasteiger partial charge in [0.15, 0.2) is 0 Å². The first-order chi connectivity index (χ1) is 8.26. The third-order valence-corrected chi connectivity index (χ3v) is 2.10. The van der Waals surface area contributed by atoms with Crippen LogP contribution in [0.25, 0.3) is 0 Å². The molecular formula is C11H20N4O2. The summed E-state index contributed by atoms with van der Waals surface area (Å²) in [6.07, 6.45) is 2.21. The van der Waals surface area contributed by atoms with Gasteiger partial charge in [-0.15, -0.1) is 0 Å². The third-order valence-electron chi connectivity index (χ3n) is 2.10. The standard InChI is InChI=1S/C11H20N4O2/c1-3-4-5-16-6-7-17-10-8-9(13-2)14-11(12)15-10/h8H,3-7H2,1-2H3,(H3,12,13,14,15). The minimum absolute atomic E-state index is 0.193. The number of anilines is 2. The summed E-state index contributed by atoms with van der Waals surface area (Å²) in [5, 5.41) is 2.88. The number of nitrogens with two attached hydrogens (primary N) is 1. The van der Waals surface area contributed by atoms with E-state index < -0.39 is 0 Å². The van der Waals surface area contributed by atoms with E-state index in [0.717, 1.165) is 19.4 Å². The number of hydrogen-bond donors (Lipinski definition) is 2. The fraction of sp³-hybridized carbons (Fsp3) is 0.636. The molecule has 0 bridgehead atoms. The van der Waals surface area contributed by atoms with Crippen molar-refractivity contribution in [2.24, 2.45) is 0 Å². The van der Waals surface area contributed by atoms with Crippen molar-refractivity contribution in [2.75, 3.05) is 37.9 Å². The Hall–Kier alpha value is -1.56. The maximum atomic E-state index is 5.53. The Balaban J connectivity index is 2.28. The number of unbranched alkanes of at least 4 members (excludes halogenated alkanes) is 1. The van der Waals surface area contributed by atoms with Crippen LogP contribution in [0.2, 0.25) is 0 Å². The van der Waals surface area contributed by atoms with Crippen molar-refractivity contribution in [3.8, 4) is 5.88 Å². The molecule has 0 fully saturated rings. The van der Waals surface area contributed by atoms with E-state index in [9.17, 15) is 0 Å². The summed E-state index contributed by atoms with van der Waals surface area (Å²) in [4.78, 5) is 7.93. The molecule has 0 atom stereocenters. The molecule has 6 heteroatoms. The van der Waals surface area contributed by atoms with Gasteiger partial charge in [-0.1, -0.05) is 13.3 Å². The van der Waals surface area contributed by atoms with Crippen LogP contribution in [0.1, 0.15) is 19.8 Å². The van der Waals surface area contributed by atoms with Crippen LogP contribution in [0.4, 0.5) is 11.8 Å². The summed E-state index contributed by atoms with van der Waals surface area (Å²) in [5.74, 6) is 1.29. The van der Waals surface area contributed by atoms with E-state index in [1.807, 2.05) is 0 Å². The smallest absolute Gasteiger partial charge is 0.225 e. The van der Waals surface area contributed by atoms with Crippen LogP contribution in [-0.2, 0) is 4.74 Å². The van der Waals surface area contributed by atoms with Crippen LogP contribution in [0, 0.1) is 0 Å². The maximum absolute atomic E-state index is 5.53. The lowest BCUT2D eigenvalue weighted by Gasteiger charge is -2.08. The molecule has 0 aliphatic rings. The molecule has 0 unspecified atom stereocenters. The lowest BCUT2D eigenvalue weighted by molar-refractivity contribution is 0.0965. The average Bonchev–Trinajstić information content (AvgIpc) is 2.33. The minimum atomic E-state index is 0.193. The van der Waals surface area contributed by atoms with Gasteiger partial charge in [-0.25, -0.2) is 0 Å². The highest BCUT2D eigenvalue weighted by molar-refractivity contribution is 5.41. The Bertz CT molecular complexity index is 333. The highest BCUT2D eigenvalue weighted by atomic mass is 16.5. The third kappa shape index (κ3) is 5.35. The van der Waals surface area contributed by atoms with E-state index in [-0.39, 0.29) is 5.95 Å². The second-order valence-electron chi connectivity index (χ2n) is 3.51. The molecule has 17 heavy (non-hydrogen) atoms.